The van der Waals surface area contributed by atoms with Crippen molar-refractivity contribution in [3.63, 3.8) is 0 Å². The van der Waals surface area contributed by atoms with Gasteiger partial charge < -0.3 is 4.57 Å². The van der Waals surface area contributed by atoms with Gasteiger partial charge >= 0.3 is 0 Å². The smallest absolute Gasteiger partial charge is 0.0945 e. The average Bonchev–Trinajstić information content (AvgIpc) is 2.57. The fraction of sp³-hybridized carbons (Fsp3) is 0.700. The number of aryl methyl sites for hydroxylation is 1. The maximum atomic E-state index is 4.00. The standard InChI is InChI=1S/C10H18N2.ClH/c1-2-3-4-5-6-8-12-9-7-11-10-12;/h7,9-10H,2-6,8H2,1H3;1H. The number of unbranched alkanes of at least 4 members (excludes halogenated alkanes) is 4. The van der Waals surface area contributed by atoms with Gasteiger partial charge in [-0.15, -0.1) is 12.4 Å². The second-order valence-electron chi connectivity index (χ2n) is 3.21. The maximum Gasteiger partial charge on any atom is 0.0945 e. The first-order valence-corrected chi connectivity index (χ1v) is 4.89. The number of hydrogen-bond donors (Lipinski definition) is 0. The molecule has 0 saturated carbocycles. The molecule has 0 bridgehead atoms. The Kier molecular flexibility index (Phi) is 7.80. The Hall–Kier alpha value is -0.500. The Morgan fingerprint density at radius 3 is 2.54 bits per heavy atom. The highest BCUT2D eigenvalue weighted by Gasteiger charge is 1.90. The summed E-state index contributed by atoms with van der Waals surface area (Å²) in [5.41, 5.74) is 0. The van der Waals surface area contributed by atoms with Crippen LogP contribution in [0.5, 0.6) is 0 Å². The lowest BCUT2D eigenvalue weighted by Gasteiger charge is -2.00. The molecule has 0 aromatic carbocycles. The number of hydrogen-bond acceptors (Lipinski definition) is 1. The molecule has 0 fully saturated rings. The van der Waals surface area contributed by atoms with Crippen LogP contribution in [0.1, 0.15) is 39.0 Å². The molecule has 76 valence electrons. The van der Waals surface area contributed by atoms with E-state index in [-0.39, 0.29) is 12.4 Å². The third kappa shape index (κ3) is 5.69. The number of halogens is 1. The van der Waals surface area contributed by atoms with Crippen LogP contribution in [0.2, 0.25) is 0 Å². The minimum absolute atomic E-state index is 0. The summed E-state index contributed by atoms with van der Waals surface area (Å²) >= 11 is 0. The molecule has 1 rings (SSSR count). The molecular formula is C10H19ClN2. The Morgan fingerprint density at radius 1 is 1.15 bits per heavy atom. The van der Waals surface area contributed by atoms with Crippen LogP contribution >= 0.6 is 12.4 Å². The molecule has 0 spiro atoms. The highest BCUT2D eigenvalue weighted by molar-refractivity contribution is 5.85. The second-order valence-corrected chi connectivity index (χ2v) is 3.21. The average molecular weight is 203 g/mol. The van der Waals surface area contributed by atoms with Crippen LogP contribution < -0.4 is 0 Å². The molecule has 0 atom stereocenters. The zero-order valence-corrected chi connectivity index (χ0v) is 9.09. The molecule has 2 nitrogen and oxygen atoms in total. The summed E-state index contributed by atoms with van der Waals surface area (Å²) < 4.78 is 2.14. The normalized spacial score (nSPS) is 9.62. The molecule has 0 aliphatic carbocycles. The van der Waals surface area contributed by atoms with Gasteiger partial charge in [-0.05, 0) is 6.42 Å². The second kappa shape index (κ2) is 8.11. The van der Waals surface area contributed by atoms with Crippen molar-refractivity contribution in [1.82, 2.24) is 9.55 Å². The van der Waals surface area contributed by atoms with Gasteiger partial charge in [0.05, 0.1) is 6.33 Å². The monoisotopic (exact) mass is 202 g/mol. The lowest BCUT2D eigenvalue weighted by Crippen LogP contribution is -1.93. The van der Waals surface area contributed by atoms with E-state index < -0.39 is 0 Å². The van der Waals surface area contributed by atoms with E-state index in [2.05, 4.69) is 16.5 Å². The predicted octanol–water partition coefficient (Wildman–Crippen LogP) is 3.28. The molecule has 0 saturated heterocycles. The van der Waals surface area contributed by atoms with Crippen molar-refractivity contribution >= 4 is 12.4 Å². The first kappa shape index (κ1) is 12.5. The van der Waals surface area contributed by atoms with Gasteiger partial charge in [-0.25, -0.2) is 4.98 Å². The first-order valence-electron chi connectivity index (χ1n) is 4.89. The Morgan fingerprint density at radius 2 is 1.92 bits per heavy atom. The van der Waals surface area contributed by atoms with E-state index in [1.165, 1.54) is 32.1 Å². The quantitative estimate of drug-likeness (QED) is 0.648. The van der Waals surface area contributed by atoms with Gasteiger partial charge in [-0.3, -0.25) is 0 Å². The van der Waals surface area contributed by atoms with Crippen LogP contribution in [0.4, 0.5) is 0 Å². The number of nitrogens with zero attached hydrogens (tertiary/aromatic N) is 2. The molecule has 0 aliphatic heterocycles. The minimum Gasteiger partial charge on any atom is -0.337 e. The summed E-state index contributed by atoms with van der Waals surface area (Å²) in [7, 11) is 0. The van der Waals surface area contributed by atoms with Gasteiger partial charge in [0.25, 0.3) is 0 Å². The minimum atomic E-state index is 0. The van der Waals surface area contributed by atoms with Crippen molar-refractivity contribution in [3.05, 3.63) is 18.7 Å². The molecular weight excluding hydrogens is 184 g/mol. The number of rotatable bonds is 6. The van der Waals surface area contributed by atoms with E-state index in [1.807, 2.05) is 18.7 Å². The largest absolute Gasteiger partial charge is 0.337 e. The van der Waals surface area contributed by atoms with Crippen LogP contribution in [0.15, 0.2) is 18.7 Å². The van der Waals surface area contributed by atoms with Crippen molar-refractivity contribution in [2.24, 2.45) is 0 Å². The van der Waals surface area contributed by atoms with Crippen LogP contribution in [-0.2, 0) is 6.54 Å². The van der Waals surface area contributed by atoms with Crippen molar-refractivity contribution in [1.29, 1.82) is 0 Å². The molecule has 0 radical (unpaired) electrons. The molecule has 0 N–H and O–H groups in total. The fourth-order valence-electron chi connectivity index (χ4n) is 1.32. The van der Waals surface area contributed by atoms with Gasteiger partial charge in [0, 0.05) is 18.9 Å². The summed E-state index contributed by atoms with van der Waals surface area (Å²) in [5, 5.41) is 0. The van der Waals surface area contributed by atoms with E-state index in [4.69, 9.17) is 0 Å². The van der Waals surface area contributed by atoms with Crippen LogP contribution in [0.25, 0.3) is 0 Å². The third-order valence-electron chi connectivity index (χ3n) is 2.08. The van der Waals surface area contributed by atoms with Gasteiger partial charge in [-0.2, -0.15) is 0 Å². The first-order chi connectivity index (χ1) is 5.93. The molecule has 13 heavy (non-hydrogen) atoms. The van der Waals surface area contributed by atoms with Gasteiger partial charge in [0.2, 0.25) is 0 Å². The van der Waals surface area contributed by atoms with Crippen LogP contribution in [0, 0.1) is 0 Å². The summed E-state index contributed by atoms with van der Waals surface area (Å²) in [5.74, 6) is 0. The molecule has 0 aliphatic rings. The SMILES string of the molecule is CCCCCCCn1ccnc1.Cl. The Labute approximate surface area is 86.8 Å². The Bertz CT molecular complexity index is 185. The highest BCUT2D eigenvalue weighted by Crippen LogP contribution is 2.03. The van der Waals surface area contributed by atoms with E-state index in [0.717, 1.165) is 6.54 Å². The van der Waals surface area contributed by atoms with Gasteiger partial charge in [0.1, 0.15) is 0 Å². The van der Waals surface area contributed by atoms with Gasteiger partial charge in [0.15, 0.2) is 0 Å². The van der Waals surface area contributed by atoms with E-state index in [9.17, 15) is 0 Å². The molecule has 3 heteroatoms. The molecule has 0 unspecified atom stereocenters. The number of imidazole rings is 1. The fourth-order valence-corrected chi connectivity index (χ4v) is 1.32. The summed E-state index contributed by atoms with van der Waals surface area (Å²) in [4.78, 5) is 4.00. The van der Waals surface area contributed by atoms with Crippen molar-refractivity contribution in [2.75, 3.05) is 0 Å². The maximum absolute atomic E-state index is 4.00. The summed E-state index contributed by atoms with van der Waals surface area (Å²) in [6, 6.07) is 0. The molecule has 1 aromatic heterocycles. The van der Waals surface area contributed by atoms with Gasteiger partial charge in [-0.1, -0.05) is 32.6 Å². The highest BCUT2D eigenvalue weighted by atomic mass is 35.5. The molecule has 1 heterocycles. The lowest BCUT2D eigenvalue weighted by molar-refractivity contribution is 0.568. The van der Waals surface area contributed by atoms with Crippen molar-refractivity contribution < 1.29 is 0 Å². The van der Waals surface area contributed by atoms with Crippen LogP contribution in [0.3, 0.4) is 0 Å². The predicted molar refractivity (Wildman–Crippen MR) is 58.2 cm³/mol. The summed E-state index contributed by atoms with van der Waals surface area (Å²) in [6.07, 6.45) is 12.5. The third-order valence-corrected chi connectivity index (χ3v) is 2.08. The van der Waals surface area contributed by atoms with Crippen molar-refractivity contribution in [2.45, 2.75) is 45.6 Å². The topological polar surface area (TPSA) is 17.8 Å². The zero-order valence-electron chi connectivity index (χ0n) is 8.28. The van der Waals surface area contributed by atoms with E-state index in [1.54, 1.807) is 0 Å². The van der Waals surface area contributed by atoms with Crippen LogP contribution in [-0.4, -0.2) is 9.55 Å². The molecule has 1 aromatic rings. The van der Waals surface area contributed by atoms with E-state index >= 15 is 0 Å². The number of aromatic nitrogens is 2. The zero-order chi connectivity index (χ0) is 8.65. The molecule has 0 amide bonds. The van der Waals surface area contributed by atoms with Crippen molar-refractivity contribution in [3.8, 4) is 0 Å². The van der Waals surface area contributed by atoms with E-state index in [0.29, 0.717) is 0 Å². The Balaban J connectivity index is 0.00000144. The lowest BCUT2D eigenvalue weighted by atomic mass is 10.1. The summed E-state index contributed by atoms with van der Waals surface area (Å²) in [6.45, 7) is 3.37.